The molecule has 1 aromatic rings. The summed E-state index contributed by atoms with van der Waals surface area (Å²) in [6, 6.07) is 5.31. The zero-order valence-electron chi connectivity index (χ0n) is 16.0. The van der Waals surface area contributed by atoms with Crippen molar-refractivity contribution in [3.63, 3.8) is 0 Å². The Morgan fingerprint density at radius 2 is 1.81 bits per heavy atom. The molecule has 0 aliphatic heterocycles. The first-order valence-electron chi connectivity index (χ1n) is 8.50. The molecule has 0 radical (unpaired) electrons. The smallest absolute Gasteiger partial charge is 0.307 e. The second-order valence-electron chi connectivity index (χ2n) is 5.44. The maximum atomic E-state index is 12.5. The maximum Gasteiger partial charge on any atom is 0.307 e. The molecule has 0 aliphatic rings. The van der Waals surface area contributed by atoms with Crippen LogP contribution >= 0.6 is 0 Å². The highest BCUT2D eigenvalue weighted by molar-refractivity contribution is 5.92. The fourth-order valence-corrected chi connectivity index (χ4v) is 2.23. The molecule has 8 heteroatoms. The predicted molar refractivity (Wildman–Crippen MR) is 99.7 cm³/mol. The van der Waals surface area contributed by atoms with Gasteiger partial charge < -0.3 is 29.0 Å². The molecule has 0 spiro atoms. The molecule has 1 rings (SSSR count). The van der Waals surface area contributed by atoms with Gasteiger partial charge in [0.2, 0.25) is 5.91 Å². The lowest BCUT2D eigenvalue weighted by Crippen LogP contribution is -2.35. The number of nitrogens with zero attached hydrogens (tertiary/aromatic N) is 1. The Bertz CT molecular complexity index is 630. The maximum absolute atomic E-state index is 12.5. The van der Waals surface area contributed by atoms with E-state index >= 15 is 0 Å². The minimum Gasteiger partial charge on any atom is -0.493 e. The first-order chi connectivity index (χ1) is 13.0. The molecule has 0 saturated heterocycles. The predicted octanol–water partition coefficient (Wildman–Crippen LogP) is 1.12. The van der Waals surface area contributed by atoms with Crippen LogP contribution in [0.25, 0.3) is 6.08 Å². The first kappa shape index (κ1) is 22.5. The molecule has 0 saturated carbocycles. The van der Waals surface area contributed by atoms with E-state index in [1.54, 1.807) is 31.4 Å². The Balaban J connectivity index is 2.77. The molecule has 8 nitrogen and oxygen atoms in total. The van der Waals surface area contributed by atoms with Gasteiger partial charge in [0.25, 0.3) is 0 Å². The van der Waals surface area contributed by atoms with E-state index in [9.17, 15) is 9.59 Å². The molecule has 1 aromatic carbocycles. The minimum absolute atomic E-state index is 0.0880. The molecule has 0 heterocycles. The van der Waals surface area contributed by atoms with Crippen molar-refractivity contribution in [2.75, 3.05) is 54.2 Å². The van der Waals surface area contributed by atoms with Crippen molar-refractivity contribution in [2.24, 2.45) is 0 Å². The van der Waals surface area contributed by atoms with Gasteiger partial charge in [-0.3, -0.25) is 9.59 Å². The molecular weight excluding hydrogens is 354 g/mol. The van der Waals surface area contributed by atoms with Crippen molar-refractivity contribution in [1.82, 2.24) is 4.90 Å². The summed E-state index contributed by atoms with van der Waals surface area (Å²) in [4.78, 5) is 25.3. The largest absolute Gasteiger partial charge is 0.493 e. The third-order valence-corrected chi connectivity index (χ3v) is 3.69. The fraction of sp³-hybridized carbons (Fsp3) is 0.474. The highest BCUT2D eigenvalue weighted by Crippen LogP contribution is 2.27. The highest BCUT2D eigenvalue weighted by Gasteiger charge is 2.13. The summed E-state index contributed by atoms with van der Waals surface area (Å²) in [5, 5.41) is 8.74. The Kier molecular flexibility index (Phi) is 10.6. The van der Waals surface area contributed by atoms with Crippen molar-refractivity contribution in [3.8, 4) is 11.5 Å². The number of esters is 1. The van der Waals surface area contributed by atoms with Gasteiger partial charge in [-0.15, -0.1) is 0 Å². The zero-order valence-corrected chi connectivity index (χ0v) is 16.0. The second kappa shape index (κ2) is 12.7. The molecule has 0 aromatic heterocycles. The average molecular weight is 381 g/mol. The van der Waals surface area contributed by atoms with Crippen molar-refractivity contribution in [2.45, 2.75) is 6.42 Å². The molecule has 0 atom stereocenters. The third kappa shape index (κ3) is 8.10. The zero-order chi connectivity index (χ0) is 20.1. The number of carbonyl (C=O) groups is 2. The van der Waals surface area contributed by atoms with Crippen molar-refractivity contribution in [3.05, 3.63) is 29.8 Å². The quantitative estimate of drug-likeness (QED) is 0.329. The van der Waals surface area contributed by atoms with Crippen LogP contribution in [0.15, 0.2) is 24.3 Å². The number of ether oxygens (including phenoxy) is 4. The summed E-state index contributed by atoms with van der Waals surface area (Å²) in [7, 11) is 4.39. The monoisotopic (exact) mass is 381 g/mol. The number of benzene rings is 1. The Morgan fingerprint density at radius 1 is 1.07 bits per heavy atom. The van der Waals surface area contributed by atoms with Gasteiger partial charge in [-0.2, -0.15) is 0 Å². The van der Waals surface area contributed by atoms with Crippen LogP contribution in [0.3, 0.4) is 0 Å². The summed E-state index contributed by atoms with van der Waals surface area (Å²) in [5.74, 6) is 0.503. The lowest BCUT2D eigenvalue weighted by atomic mass is 10.2. The van der Waals surface area contributed by atoms with Gasteiger partial charge in [0, 0.05) is 19.2 Å². The Hall–Kier alpha value is -2.58. The van der Waals surface area contributed by atoms with Crippen LogP contribution in [-0.4, -0.2) is 76.1 Å². The van der Waals surface area contributed by atoms with Gasteiger partial charge in [0.05, 0.1) is 47.6 Å². The highest BCUT2D eigenvalue weighted by atomic mass is 16.5. The molecule has 0 fully saturated rings. The van der Waals surface area contributed by atoms with Crippen LogP contribution in [0.1, 0.15) is 12.0 Å². The number of carbonyl (C=O) groups excluding carboxylic acids is 2. The van der Waals surface area contributed by atoms with Crippen LogP contribution < -0.4 is 9.47 Å². The van der Waals surface area contributed by atoms with Gasteiger partial charge >= 0.3 is 5.97 Å². The number of rotatable bonds is 12. The van der Waals surface area contributed by atoms with E-state index in [0.717, 1.165) is 5.56 Å². The summed E-state index contributed by atoms with van der Waals surface area (Å²) in [6.07, 6.45) is 3.17. The second-order valence-corrected chi connectivity index (χ2v) is 5.44. The summed E-state index contributed by atoms with van der Waals surface area (Å²) < 4.78 is 20.2. The van der Waals surface area contributed by atoms with Gasteiger partial charge in [0.1, 0.15) is 0 Å². The standard InChI is InChI=1S/C19H27NO7/c1-24-16-6-4-15(14-17(16)25-2)5-7-18(22)20(9-8-19(23)26-3)10-12-27-13-11-21/h4-7,14,21H,8-13H2,1-3H3/b7-5+. The van der Waals surface area contributed by atoms with Crippen LogP contribution in [0.4, 0.5) is 0 Å². The number of aliphatic hydroxyl groups excluding tert-OH is 1. The molecule has 1 amide bonds. The van der Waals surface area contributed by atoms with E-state index in [0.29, 0.717) is 18.0 Å². The molecular formula is C19H27NO7. The SMILES string of the molecule is COC(=O)CCN(CCOCCO)C(=O)/C=C/c1ccc(OC)c(OC)c1. The van der Waals surface area contributed by atoms with E-state index in [2.05, 4.69) is 4.74 Å². The van der Waals surface area contributed by atoms with Crippen LogP contribution in [0.2, 0.25) is 0 Å². The van der Waals surface area contributed by atoms with Crippen LogP contribution in [0, 0.1) is 0 Å². The number of hydrogen-bond donors (Lipinski definition) is 1. The van der Waals surface area contributed by atoms with E-state index in [1.807, 2.05) is 0 Å². The number of methoxy groups -OCH3 is 3. The number of hydrogen-bond acceptors (Lipinski definition) is 7. The topological polar surface area (TPSA) is 94.5 Å². The summed E-state index contributed by atoms with van der Waals surface area (Å²) >= 11 is 0. The minimum atomic E-state index is -0.395. The Labute approximate surface area is 159 Å². The Morgan fingerprint density at radius 3 is 2.44 bits per heavy atom. The van der Waals surface area contributed by atoms with Crippen molar-refractivity contribution >= 4 is 18.0 Å². The normalized spacial score (nSPS) is 10.7. The number of aliphatic hydroxyl groups is 1. The summed E-state index contributed by atoms with van der Waals surface area (Å²) in [5.41, 5.74) is 0.769. The number of amides is 1. The third-order valence-electron chi connectivity index (χ3n) is 3.69. The van der Waals surface area contributed by atoms with E-state index in [1.165, 1.54) is 25.2 Å². The van der Waals surface area contributed by atoms with Gasteiger partial charge in [-0.05, 0) is 23.8 Å². The molecule has 27 heavy (non-hydrogen) atoms. The lowest BCUT2D eigenvalue weighted by Gasteiger charge is -2.20. The van der Waals surface area contributed by atoms with E-state index < -0.39 is 5.97 Å². The summed E-state index contributed by atoms with van der Waals surface area (Å²) in [6.45, 7) is 0.879. The molecule has 0 aliphatic carbocycles. The molecule has 150 valence electrons. The van der Waals surface area contributed by atoms with Crippen LogP contribution in [-0.2, 0) is 19.1 Å². The average Bonchev–Trinajstić information content (AvgIpc) is 2.70. The van der Waals surface area contributed by atoms with Crippen LogP contribution in [0.5, 0.6) is 11.5 Å². The molecule has 1 N–H and O–H groups in total. The van der Waals surface area contributed by atoms with Crippen molar-refractivity contribution in [1.29, 1.82) is 0 Å². The van der Waals surface area contributed by atoms with Crippen molar-refractivity contribution < 1.29 is 33.6 Å². The fourth-order valence-electron chi connectivity index (χ4n) is 2.23. The molecule has 0 bridgehead atoms. The van der Waals surface area contributed by atoms with Gasteiger partial charge in [-0.1, -0.05) is 6.07 Å². The van der Waals surface area contributed by atoms with Gasteiger partial charge in [-0.25, -0.2) is 0 Å². The lowest BCUT2D eigenvalue weighted by molar-refractivity contribution is -0.141. The molecule has 0 unspecified atom stereocenters. The van der Waals surface area contributed by atoms with E-state index in [4.69, 9.17) is 19.3 Å². The first-order valence-corrected chi connectivity index (χ1v) is 8.50. The van der Waals surface area contributed by atoms with Gasteiger partial charge in [0.15, 0.2) is 11.5 Å². The van der Waals surface area contributed by atoms with E-state index in [-0.39, 0.29) is 38.7 Å².